The van der Waals surface area contributed by atoms with Crippen molar-refractivity contribution in [1.29, 1.82) is 0 Å². The van der Waals surface area contributed by atoms with Gasteiger partial charge in [0.1, 0.15) is 5.75 Å². The Morgan fingerprint density at radius 3 is 2.82 bits per heavy atom. The number of aromatic nitrogens is 3. The van der Waals surface area contributed by atoms with Gasteiger partial charge in [0, 0.05) is 5.56 Å². The Morgan fingerprint density at radius 2 is 2.05 bits per heavy atom. The first-order chi connectivity index (χ1) is 10.6. The molecule has 110 valence electrons. The van der Waals surface area contributed by atoms with Crippen LogP contribution < -0.4 is 0 Å². The molecule has 1 aromatic heterocycles. The Hall–Kier alpha value is -2.73. The van der Waals surface area contributed by atoms with Gasteiger partial charge in [-0.15, -0.1) is 0 Å². The third kappa shape index (κ3) is 2.96. The lowest BCUT2D eigenvalue weighted by molar-refractivity contribution is 0.475. The van der Waals surface area contributed by atoms with Crippen LogP contribution in [0.4, 0.5) is 0 Å². The second-order valence-corrected chi connectivity index (χ2v) is 5.26. The fourth-order valence-electron chi connectivity index (χ4n) is 2.10. The summed E-state index contributed by atoms with van der Waals surface area (Å²) in [6, 6.07) is 14.8. The number of aromatic hydroxyl groups is 1. The molecule has 1 heterocycles. The molecule has 0 bridgehead atoms. The predicted molar refractivity (Wildman–Crippen MR) is 88.7 cm³/mol. The van der Waals surface area contributed by atoms with Crippen LogP contribution in [-0.2, 0) is 0 Å². The molecule has 2 N–H and O–H groups in total. The van der Waals surface area contributed by atoms with Gasteiger partial charge in [-0.25, -0.2) is 5.10 Å². The molecule has 0 fully saturated rings. The molecule has 5 nitrogen and oxygen atoms in total. The first-order valence-electron chi connectivity index (χ1n) is 6.71. The third-order valence-corrected chi connectivity index (χ3v) is 3.38. The number of hydrogen-bond acceptors (Lipinski definition) is 4. The maximum absolute atomic E-state index is 9.48. The number of nitrogens with zero attached hydrogens (tertiary/aromatic N) is 3. The third-order valence-electron chi connectivity index (χ3n) is 3.12. The minimum absolute atomic E-state index is 0.193. The predicted octanol–water partition coefficient (Wildman–Crippen LogP) is 3.50. The van der Waals surface area contributed by atoms with Gasteiger partial charge in [-0.2, -0.15) is 14.9 Å². The summed E-state index contributed by atoms with van der Waals surface area (Å²) >= 11 is 5.23. The molecule has 0 spiro atoms. The monoisotopic (exact) mass is 310 g/mol. The fourth-order valence-corrected chi connectivity index (χ4v) is 2.28. The Bertz CT molecular complexity index is 895. The van der Waals surface area contributed by atoms with Crippen LogP contribution in [0.2, 0.25) is 0 Å². The molecule has 0 aliphatic heterocycles. The topological polar surface area (TPSA) is 66.2 Å². The van der Waals surface area contributed by atoms with Crippen LogP contribution in [-0.4, -0.2) is 26.2 Å². The van der Waals surface area contributed by atoms with E-state index in [9.17, 15) is 5.11 Å². The van der Waals surface area contributed by atoms with Crippen molar-refractivity contribution < 1.29 is 5.11 Å². The molecule has 22 heavy (non-hydrogen) atoms. The lowest BCUT2D eigenvalue weighted by Crippen LogP contribution is -1.95. The summed E-state index contributed by atoms with van der Waals surface area (Å²) in [6.07, 6.45) is 1.63. The van der Waals surface area contributed by atoms with Crippen molar-refractivity contribution in [3.05, 3.63) is 64.4 Å². The lowest BCUT2D eigenvalue weighted by atomic mass is 10.1. The average Bonchev–Trinajstić information content (AvgIpc) is 2.86. The van der Waals surface area contributed by atoms with Crippen LogP contribution in [0.25, 0.3) is 11.4 Å². The van der Waals surface area contributed by atoms with E-state index in [1.165, 1.54) is 0 Å². The van der Waals surface area contributed by atoms with Crippen LogP contribution in [0.5, 0.6) is 5.75 Å². The van der Waals surface area contributed by atoms with Crippen LogP contribution in [0.3, 0.4) is 0 Å². The van der Waals surface area contributed by atoms with E-state index in [0.717, 1.165) is 16.7 Å². The molecule has 3 rings (SSSR count). The number of phenols is 1. The maximum Gasteiger partial charge on any atom is 0.216 e. The highest BCUT2D eigenvalue weighted by atomic mass is 32.1. The Kier molecular flexibility index (Phi) is 3.84. The molecule has 0 atom stereocenters. The first kappa shape index (κ1) is 14.2. The van der Waals surface area contributed by atoms with Crippen molar-refractivity contribution >= 4 is 18.4 Å². The summed E-state index contributed by atoms with van der Waals surface area (Å²) in [5, 5.41) is 20.8. The van der Waals surface area contributed by atoms with Crippen molar-refractivity contribution in [2.75, 3.05) is 0 Å². The lowest BCUT2D eigenvalue weighted by Gasteiger charge is -2.02. The summed E-state index contributed by atoms with van der Waals surface area (Å²) < 4.78 is 1.97. The van der Waals surface area contributed by atoms with Gasteiger partial charge >= 0.3 is 0 Å². The van der Waals surface area contributed by atoms with Crippen molar-refractivity contribution in [2.24, 2.45) is 5.10 Å². The smallest absolute Gasteiger partial charge is 0.216 e. The van der Waals surface area contributed by atoms with Crippen LogP contribution in [0.15, 0.2) is 53.6 Å². The minimum Gasteiger partial charge on any atom is -0.508 e. The van der Waals surface area contributed by atoms with E-state index in [1.807, 2.05) is 37.3 Å². The number of hydrogen-bond donors (Lipinski definition) is 2. The largest absolute Gasteiger partial charge is 0.508 e. The normalized spacial score (nSPS) is 11.1. The molecule has 3 aromatic rings. The van der Waals surface area contributed by atoms with Gasteiger partial charge in [-0.1, -0.05) is 35.9 Å². The molecule has 0 aliphatic carbocycles. The van der Waals surface area contributed by atoms with Crippen molar-refractivity contribution in [1.82, 2.24) is 14.9 Å². The average molecular weight is 310 g/mol. The van der Waals surface area contributed by atoms with Gasteiger partial charge in [0.05, 0.1) is 6.21 Å². The minimum atomic E-state index is 0.193. The molecule has 0 unspecified atom stereocenters. The molecule has 2 aromatic carbocycles. The summed E-state index contributed by atoms with van der Waals surface area (Å²) in [6.45, 7) is 2.02. The second kappa shape index (κ2) is 5.95. The molecule has 0 saturated carbocycles. The molecular formula is C16H14N4OS. The number of H-pyrrole nitrogens is 1. The SMILES string of the molecule is Cc1cccc(-c2n[nH]c(=S)n2/N=C\c2cccc(O)c2)c1. The fraction of sp³-hybridized carbons (Fsp3) is 0.0625. The van der Waals surface area contributed by atoms with E-state index in [0.29, 0.717) is 10.6 Å². The van der Waals surface area contributed by atoms with Crippen LogP contribution in [0, 0.1) is 11.7 Å². The van der Waals surface area contributed by atoms with Crippen LogP contribution in [0.1, 0.15) is 11.1 Å². The molecule has 0 saturated heterocycles. The van der Waals surface area contributed by atoms with Gasteiger partial charge in [-0.05, 0) is 42.9 Å². The van der Waals surface area contributed by atoms with Crippen molar-refractivity contribution in [2.45, 2.75) is 6.92 Å². The zero-order chi connectivity index (χ0) is 15.5. The molecule has 0 amide bonds. The Morgan fingerprint density at radius 1 is 1.23 bits per heavy atom. The van der Waals surface area contributed by atoms with Gasteiger partial charge in [0.2, 0.25) is 4.77 Å². The summed E-state index contributed by atoms with van der Waals surface area (Å²) in [7, 11) is 0. The summed E-state index contributed by atoms with van der Waals surface area (Å²) in [5.74, 6) is 0.837. The first-order valence-corrected chi connectivity index (χ1v) is 7.12. The Balaban J connectivity index is 2.01. The number of nitrogens with one attached hydrogen (secondary N) is 1. The zero-order valence-corrected chi connectivity index (χ0v) is 12.7. The van der Waals surface area contributed by atoms with Gasteiger partial charge in [0.25, 0.3) is 0 Å². The van der Waals surface area contributed by atoms with E-state index < -0.39 is 0 Å². The van der Waals surface area contributed by atoms with Crippen LogP contribution >= 0.6 is 12.2 Å². The number of aryl methyl sites for hydroxylation is 1. The van der Waals surface area contributed by atoms with E-state index >= 15 is 0 Å². The van der Waals surface area contributed by atoms with E-state index in [1.54, 1.807) is 29.1 Å². The van der Waals surface area contributed by atoms with E-state index in [4.69, 9.17) is 12.2 Å². The highest BCUT2D eigenvalue weighted by Gasteiger charge is 2.07. The number of benzene rings is 2. The summed E-state index contributed by atoms with van der Waals surface area (Å²) in [4.78, 5) is 0. The van der Waals surface area contributed by atoms with E-state index in [-0.39, 0.29) is 5.75 Å². The van der Waals surface area contributed by atoms with Gasteiger partial charge in [-0.3, -0.25) is 0 Å². The quantitative estimate of drug-likeness (QED) is 0.575. The number of rotatable bonds is 3. The highest BCUT2D eigenvalue weighted by molar-refractivity contribution is 7.71. The second-order valence-electron chi connectivity index (χ2n) is 4.87. The number of aromatic amines is 1. The van der Waals surface area contributed by atoms with Crippen molar-refractivity contribution in [3.63, 3.8) is 0 Å². The highest BCUT2D eigenvalue weighted by Crippen LogP contribution is 2.18. The number of phenolic OH excluding ortho intramolecular Hbond substituents is 1. The molecular weight excluding hydrogens is 296 g/mol. The molecule has 0 aliphatic rings. The molecule has 0 radical (unpaired) electrons. The Labute approximate surface area is 132 Å². The zero-order valence-electron chi connectivity index (χ0n) is 11.9. The summed E-state index contributed by atoms with van der Waals surface area (Å²) in [5.41, 5.74) is 2.84. The van der Waals surface area contributed by atoms with Gasteiger partial charge in [0.15, 0.2) is 5.82 Å². The maximum atomic E-state index is 9.48. The van der Waals surface area contributed by atoms with E-state index in [2.05, 4.69) is 15.3 Å². The van der Waals surface area contributed by atoms with Gasteiger partial charge < -0.3 is 5.11 Å². The standard InChI is InChI=1S/C16H14N4OS/c1-11-4-2-6-13(8-11)15-18-19-16(22)20(15)17-10-12-5-3-7-14(21)9-12/h2-10,21H,1H3,(H,19,22)/b17-10-. The molecule has 6 heteroatoms. The van der Waals surface area contributed by atoms with Crippen molar-refractivity contribution in [3.8, 4) is 17.1 Å².